The molecule has 0 fully saturated rings. The van der Waals surface area contributed by atoms with Gasteiger partial charge >= 0.3 is 5.97 Å². The molecule has 0 spiro atoms. The van der Waals surface area contributed by atoms with Crippen molar-refractivity contribution in [2.75, 3.05) is 19.0 Å². The summed E-state index contributed by atoms with van der Waals surface area (Å²) in [4.78, 5) is 11.0. The second-order valence-electron chi connectivity index (χ2n) is 3.55. The van der Waals surface area contributed by atoms with Crippen molar-refractivity contribution < 1.29 is 9.53 Å². The van der Waals surface area contributed by atoms with Gasteiger partial charge in [-0.15, -0.1) is 0 Å². The van der Waals surface area contributed by atoms with Gasteiger partial charge < -0.3 is 10.1 Å². The molecular weight excluding hydrogens is 254 g/mol. The first-order valence-corrected chi connectivity index (χ1v) is 5.69. The molecule has 5 nitrogen and oxygen atoms in total. The Morgan fingerprint density at radius 2 is 2.39 bits per heavy atom. The Morgan fingerprint density at radius 1 is 1.56 bits per heavy atom. The van der Waals surface area contributed by atoms with Crippen molar-refractivity contribution in [2.45, 2.75) is 0 Å². The first-order valence-electron chi connectivity index (χ1n) is 5.31. The van der Waals surface area contributed by atoms with Gasteiger partial charge in [-0.2, -0.15) is 5.10 Å². The lowest BCUT2D eigenvalue weighted by molar-refractivity contribution is -0.138. The predicted molar refractivity (Wildman–Crippen MR) is 69.1 cm³/mol. The number of hydrogen-bond acceptors (Lipinski definition) is 4. The summed E-state index contributed by atoms with van der Waals surface area (Å²) < 4.78 is 6.21. The van der Waals surface area contributed by atoms with Crippen LogP contribution in [0.1, 0.15) is 0 Å². The van der Waals surface area contributed by atoms with E-state index in [4.69, 9.17) is 11.6 Å². The van der Waals surface area contributed by atoms with Crippen molar-refractivity contribution in [2.24, 2.45) is 0 Å². The maximum absolute atomic E-state index is 11.0. The minimum absolute atomic E-state index is 0.105. The van der Waals surface area contributed by atoms with Crippen LogP contribution < -0.4 is 5.32 Å². The van der Waals surface area contributed by atoms with E-state index in [-0.39, 0.29) is 12.5 Å². The Balaban J connectivity index is 2.13. The molecule has 1 aromatic heterocycles. The van der Waals surface area contributed by atoms with Crippen molar-refractivity contribution >= 4 is 23.3 Å². The first-order chi connectivity index (χ1) is 8.70. The van der Waals surface area contributed by atoms with Crippen LogP contribution in [0.3, 0.4) is 0 Å². The second-order valence-corrected chi connectivity index (χ2v) is 3.95. The molecular formula is C12H12ClN3O2. The van der Waals surface area contributed by atoms with Crippen molar-refractivity contribution in [3.8, 4) is 5.69 Å². The lowest BCUT2D eigenvalue weighted by Crippen LogP contribution is -2.14. The number of aromatic nitrogens is 2. The summed E-state index contributed by atoms with van der Waals surface area (Å²) in [6, 6.07) is 7.21. The highest BCUT2D eigenvalue weighted by atomic mass is 35.5. The Bertz CT molecular complexity index is 540. The minimum atomic E-state index is -0.331. The van der Waals surface area contributed by atoms with Crippen LogP contribution in [0.4, 0.5) is 5.69 Å². The molecule has 6 heteroatoms. The molecule has 2 aromatic rings. The zero-order chi connectivity index (χ0) is 13.0. The van der Waals surface area contributed by atoms with Crippen LogP contribution in [0.2, 0.25) is 5.02 Å². The summed E-state index contributed by atoms with van der Waals surface area (Å²) in [5, 5.41) is 7.57. The van der Waals surface area contributed by atoms with Crippen LogP contribution >= 0.6 is 11.6 Å². The number of ether oxygens (including phenoxy) is 1. The topological polar surface area (TPSA) is 56.1 Å². The van der Waals surface area contributed by atoms with E-state index in [9.17, 15) is 4.79 Å². The Morgan fingerprint density at radius 3 is 3.00 bits per heavy atom. The van der Waals surface area contributed by atoms with Gasteiger partial charge in [-0.25, -0.2) is 4.68 Å². The number of nitrogens with one attached hydrogen (secondary N) is 1. The SMILES string of the molecule is COC(=O)CNc1ccc(-n2cccn2)c(Cl)c1. The molecule has 0 bridgehead atoms. The van der Waals surface area contributed by atoms with Gasteiger partial charge in [-0.05, 0) is 24.3 Å². The monoisotopic (exact) mass is 265 g/mol. The number of benzene rings is 1. The third kappa shape index (κ3) is 2.81. The van der Waals surface area contributed by atoms with E-state index in [2.05, 4.69) is 15.2 Å². The van der Waals surface area contributed by atoms with Gasteiger partial charge in [0.15, 0.2) is 0 Å². The molecule has 94 valence electrons. The van der Waals surface area contributed by atoms with E-state index < -0.39 is 0 Å². The fourth-order valence-electron chi connectivity index (χ4n) is 1.46. The predicted octanol–water partition coefficient (Wildman–Crippen LogP) is 2.11. The number of esters is 1. The molecule has 1 aromatic carbocycles. The van der Waals surface area contributed by atoms with Crippen molar-refractivity contribution in [1.82, 2.24) is 9.78 Å². The Labute approximate surface area is 109 Å². The van der Waals surface area contributed by atoms with E-state index in [1.165, 1.54) is 7.11 Å². The maximum Gasteiger partial charge on any atom is 0.325 e. The molecule has 0 aliphatic heterocycles. The summed E-state index contributed by atoms with van der Waals surface area (Å²) in [5.41, 5.74) is 1.53. The van der Waals surface area contributed by atoms with Crippen molar-refractivity contribution in [3.63, 3.8) is 0 Å². The number of hydrogen-bond donors (Lipinski definition) is 1. The normalized spacial score (nSPS) is 10.1. The van der Waals surface area contributed by atoms with Gasteiger partial charge in [0.25, 0.3) is 0 Å². The van der Waals surface area contributed by atoms with Crippen molar-refractivity contribution in [1.29, 1.82) is 0 Å². The van der Waals surface area contributed by atoms with Crippen LogP contribution in [-0.2, 0) is 9.53 Å². The third-order valence-electron chi connectivity index (χ3n) is 2.36. The first kappa shape index (κ1) is 12.4. The van der Waals surface area contributed by atoms with Gasteiger partial charge in [0, 0.05) is 18.1 Å². The van der Waals surface area contributed by atoms with E-state index in [0.717, 1.165) is 11.4 Å². The summed E-state index contributed by atoms with van der Waals surface area (Å²) in [6.45, 7) is 0.105. The molecule has 2 rings (SSSR count). The zero-order valence-corrected chi connectivity index (χ0v) is 10.5. The molecule has 0 radical (unpaired) electrons. The Hall–Kier alpha value is -2.01. The average molecular weight is 266 g/mol. The highest BCUT2D eigenvalue weighted by Crippen LogP contribution is 2.23. The molecule has 0 saturated carbocycles. The van der Waals surface area contributed by atoms with Crippen LogP contribution in [0.5, 0.6) is 0 Å². The van der Waals surface area contributed by atoms with Crippen LogP contribution in [0.25, 0.3) is 5.69 Å². The van der Waals surface area contributed by atoms with E-state index in [1.807, 2.05) is 24.4 Å². The molecule has 1 heterocycles. The van der Waals surface area contributed by atoms with Crippen LogP contribution in [-0.4, -0.2) is 29.4 Å². The molecule has 0 saturated heterocycles. The fourth-order valence-corrected chi connectivity index (χ4v) is 1.73. The van der Waals surface area contributed by atoms with Crippen LogP contribution in [0.15, 0.2) is 36.7 Å². The molecule has 0 atom stereocenters. The van der Waals surface area contributed by atoms with Gasteiger partial charge in [0.1, 0.15) is 6.54 Å². The summed E-state index contributed by atoms with van der Waals surface area (Å²) >= 11 is 6.15. The molecule has 0 aliphatic carbocycles. The van der Waals surface area contributed by atoms with Gasteiger partial charge in [0.05, 0.1) is 17.8 Å². The number of carbonyl (C=O) groups is 1. The third-order valence-corrected chi connectivity index (χ3v) is 2.67. The summed E-state index contributed by atoms with van der Waals surface area (Å²) in [7, 11) is 1.35. The fraction of sp³-hybridized carbons (Fsp3) is 0.167. The number of rotatable bonds is 4. The minimum Gasteiger partial charge on any atom is -0.468 e. The molecule has 0 amide bonds. The van der Waals surface area contributed by atoms with Crippen LogP contribution in [0, 0.1) is 0 Å². The second kappa shape index (κ2) is 5.55. The lowest BCUT2D eigenvalue weighted by atomic mass is 10.2. The zero-order valence-electron chi connectivity index (χ0n) is 9.76. The molecule has 1 N–H and O–H groups in total. The average Bonchev–Trinajstić information content (AvgIpc) is 2.89. The summed E-state index contributed by atoms with van der Waals surface area (Å²) in [6.07, 6.45) is 3.49. The highest BCUT2D eigenvalue weighted by Gasteiger charge is 2.05. The summed E-state index contributed by atoms with van der Waals surface area (Å²) in [5.74, 6) is -0.331. The number of nitrogens with zero attached hydrogens (tertiary/aromatic N) is 2. The van der Waals surface area contributed by atoms with Gasteiger partial charge in [-0.1, -0.05) is 11.6 Å². The number of anilines is 1. The molecule has 0 aliphatic rings. The smallest absolute Gasteiger partial charge is 0.325 e. The number of halogens is 1. The number of carbonyl (C=O) groups excluding carboxylic acids is 1. The Kier molecular flexibility index (Phi) is 3.84. The standard InChI is InChI=1S/C12H12ClN3O2/c1-18-12(17)8-14-9-3-4-11(10(13)7-9)16-6-2-5-15-16/h2-7,14H,8H2,1H3. The van der Waals surface area contributed by atoms with Crippen molar-refractivity contribution in [3.05, 3.63) is 41.7 Å². The molecule has 18 heavy (non-hydrogen) atoms. The van der Waals surface area contributed by atoms with Gasteiger partial charge in [0.2, 0.25) is 0 Å². The van der Waals surface area contributed by atoms with Gasteiger partial charge in [-0.3, -0.25) is 4.79 Å². The van der Waals surface area contributed by atoms with E-state index >= 15 is 0 Å². The maximum atomic E-state index is 11.0. The van der Waals surface area contributed by atoms with E-state index in [0.29, 0.717) is 5.02 Å². The quantitative estimate of drug-likeness (QED) is 0.861. The lowest BCUT2D eigenvalue weighted by Gasteiger charge is -2.08. The number of methoxy groups -OCH3 is 1. The van der Waals surface area contributed by atoms with E-state index in [1.54, 1.807) is 16.9 Å². The highest BCUT2D eigenvalue weighted by molar-refractivity contribution is 6.32. The molecule has 0 unspecified atom stereocenters. The largest absolute Gasteiger partial charge is 0.468 e.